The van der Waals surface area contributed by atoms with E-state index in [9.17, 15) is 22.8 Å². The number of aromatic nitrogens is 1. The van der Waals surface area contributed by atoms with Gasteiger partial charge in [0.2, 0.25) is 11.8 Å². The molecule has 2 unspecified atom stereocenters. The van der Waals surface area contributed by atoms with E-state index in [1.54, 1.807) is 17.2 Å². The molecular formula is C27H36F3N7O3. The number of alkyl halides is 3. The number of rotatable bonds is 7. The van der Waals surface area contributed by atoms with Crippen molar-refractivity contribution in [1.82, 2.24) is 25.6 Å². The maximum Gasteiger partial charge on any atom is 0.402 e. The highest BCUT2D eigenvalue weighted by Crippen LogP contribution is 2.41. The van der Waals surface area contributed by atoms with Gasteiger partial charge in [-0.25, -0.2) is 10.4 Å². The predicted molar refractivity (Wildman–Crippen MR) is 139 cm³/mol. The van der Waals surface area contributed by atoms with Crippen LogP contribution in [0.1, 0.15) is 44.1 Å². The summed E-state index contributed by atoms with van der Waals surface area (Å²) in [7, 11) is 0. The number of amides is 2. The van der Waals surface area contributed by atoms with E-state index in [1.165, 1.54) is 0 Å². The van der Waals surface area contributed by atoms with Crippen LogP contribution < -0.4 is 15.8 Å². The molecule has 0 radical (unpaired) electrons. The monoisotopic (exact) mass is 563 g/mol. The third-order valence-corrected chi connectivity index (χ3v) is 8.98. The van der Waals surface area contributed by atoms with E-state index in [1.807, 2.05) is 11.0 Å². The molecule has 10 nitrogen and oxygen atoms in total. The maximum atomic E-state index is 13.6. The molecule has 0 bridgehead atoms. The molecular weight excluding hydrogens is 527 g/mol. The third-order valence-electron chi connectivity index (χ3n) is 8.98. The van der Waals surface area contributed by atoms with Gasteiger partial charge in [0, 0.05) is 51.0 Å². The molecule has 2 N–H and O–H groups in total. The molecule has 40 heavy (non-hydrogen) atoms. The minimum absolute atomic E-state index is 0.0170. The average Bonchev–Trinajstić information content (AvgIpc) is 3.58. The summed E-state index contributed by atoms with van der Waals surface area (Å²) in [6.07, 6.45) is 1.54. The second-order valence-electron chi connectivity index (χ2n) is 11.4. The number of nitriles is 1. The number of piperidine rings is 1. The zero-order valence-electron chi connectivity index (χ0n) is 22.5. The third kappa shape index (κ3) is 6.19. The number of hydrazine groups is 1. The summed E-state index contributed by atoms with van der Waals surface area (Å²) in [6.45, 7) is 4.13. The van der Waals surface area contributed by atoms with Crippen molar-refractivity contribution < 1.29 is 27.5 Å². The van der Waals surface area contributed by atoms with Crippen LogP contribution in [0.3, 0.4) is 0 Å². The predicted octanol–water partition coefficient (Wildman–Crippen LogP) is 1.82. The Balaban J connectivity index is 1.04. The normalized spacial score (nSPS) is 27.1. The van der Waals surface area contributed by atoms with Crippen LogP contribution in [-0.2, 0) is 14.3 Å². The van der Waals surface area contributed by atoms with Crippen LogP contribution in [0.15, 0.2) is 18.3 Å². The molecule has 0 aliphatic carbocycles. The van der Waals surface area contributed by atoms with Gasteiger partial charge in [-0.3, -0.25) is 19.9 Å². The van der Waals surface area contributed by atoms with Crippen LogP contribution in [-0.4, -0.2) is 97.3 Å². The molecule has 1 aromatic rings. The Labute approximate surface area is 231 Å². The number of pyridine rings is 1. The number of carbonyl (C=O) groups excluding carboxylic acids is 2. The number of likely N-dealkylation sites (tertiary alicyclic amines) is 2. The van der Waals surface area contributed by atoms with Crippen molar-refractivity contribution in [3.8, 4) is 6.07 Å². The Hall–Kier alpha value is -2.95. The van der Waals surface area contributed by atoms with Crippen LogP contribution in [0.5, 0.6) is 0 Å². The number of ether oxygens (including phenoxy) is 1. The molecule has 5 rings (SSSR count). The van der Waals surface area contributed by atoms with Gasteiger partial charge >= 0.3 is 6.18 Å². The van der Waals surface area contributed by atoms with Gasteiger partial charge in [-0.15, -0.1) is 0 Å². The summed E-state index contributed by atoms with van der Waals surface area (Å²) in [4.78, 5) is 35.1. The molecule has 218 valence electrons. The fourth-order valence-electron chi connectivity index (χ4n) is 6.71. The topological polar surface area (TPSA) is 114 Å². The Morgan fingerprint density at radius 3 is 2.67 bits per heavy atom. The fraction of sp³-hybridized carbons (Fsp3) is 0.704. The number of hydrogen-bond acceptors (Lipinski definition) is 8. The van der Waals surface area contributed by atoms with Gasteiger partial charge in [-0.05, 0) is 56.2 Å². The first-order valence-corrected chi connectivity index (χ1v) is 14.0. The van der Waals surface area contributed by atoms with Crippen LogP contribution in [0, 0.1) is 22.7 Å². The molecule has 1 spiro atoms. The van der Waals surface area contributed by atoms with Gasteiger partial charge in [-0.2, -0.15) is 18.4 Å². The van der Waals surface area contributed by atoms with Crippen LogP contribution in [0.25, 0.3) is 0 Å². The molecule has 2 amide bonds. The number of halogens is 3. The average molecular weight is 564 g/mol. The van der Waals surface area contributed by atoms with Crippen molar-refractivity contribution in [3.63, 3.8) is 0 Å². The maximum absolute atomic E-state index is 13.6. The first-order valence-electron chi connectivity index (χ1n) is 14.0. The number of nitrogens with one attached hydrogen (secondary N) is 2. The number of hydrogen-bond donors (Lipinski definition) is 2. The first-order chi connectivity index (χ1) is 19.2. The Kier molecular flexibility index (Phi) is 8.49. The van der Waals surface area contributed by atoms with E-state index < -0.39 is 24.0 Å². The smallest absolute Gasteiger partial charge is 0.379 e. The molecule has 4 aliphatic rings. The second-order valence-corrected chi connectivity index (χ2v) is 11.4. The van der Waals surface area contributed by atoms with E-state index in [-0.39, 0.29) is 43.5 Å². The second kappa shape index (κ2) is 11.9. The van der Waals surface area contributed by atoms with Crippen molar-refractivity contribution in [3.05, 3.63) is 23.9 Å². The minimum Gasteiger partial charge on any atom is -0.379 e. The largest absolute Gasteiger partial charge is 0.402 e. The van der Waals surface area contributed by atoms with Gasteiger partial charge in [0.25, 0.3) is 0 Å². The Morgan fingerprint density at radius 2 is 1.98 bits per heavy atom. The fourth-order valence-corrected chi connectivity index (χ4v) is 6.71. The van der Waals surface area contributed by atoms with Gasteiger partial charge in [0.1, 0.15) is 11.9 Å². The van der Waals surface area contributed by atoms with Crippen LogP contribution in [0.2, 0.25) is 0 Å². The van der Waals surface area contributed by atoms with Gasteiger partial charge in [-0.1, -0.05) is 0 Å². The molecule has 13 heteroatoms. The molecule has 4 aliphatic heterocycles. The van der Waals surface area contributed by atoms with Gasteiger partial charge in [0.05, 0.1) is 25.2 Å². The zero-order valence-corrected chi connectivity index (χ0v) is 22.5. The number of carbonyl (C=O) groups is 2. The SMILES string of the molecule is N#Cc1ccc(N2CCC3(CCN(C(=O)CCOC[C@@H]4CCCN4C4CNNC(=O)C4C(F)(F)F)CC3)C2)nc1. The summed E-state index contributed by atoms with van der Waals surface area (Å²) in [5.41, 5.74) is 5.40. The van der Waals surface area contributed by atoms with E-state index in [0.717, 1.165) is 44.6 Å². The first kappa shape index (κ1) is 28.6. The van der Waals surface area contributed by atoms with E-state index in [4.69, 9.17) is 10.00 Å². The standard InChI is InChI=1S/C27H36F3N7O3/c28-27(29,30)24-21(16-33-34-25(24)39)37-9-1-2-20(37)17-40-13-5-23(38)35-10-6-26(7-11-35)8-12-36(18-26)22-4-3-19(14-31)15-32-22/h3-4,15,20-21,24,33H,1-2,5-13,16-18H2,(H,34,39)/t20-,21?,24?/m0/s1. The van der Waals surface area contributed by atoms with Crippen LogP contribution >= 0.6 is 0 Å². The Bertz CT molecular complexity index is 1100. The summed E-state index contributed by atoms with van der Waals surface area (Å²) < 4.78 is 46.6. The highest BCUT2D eigenvalue weighted by atomic mass is 19.4. The van der Waals surface area contributed by atoms with Gasteiger partial charge < -0.3 is 14.5 Å². The van der Waals surface area contributed by atoms with Gasteiger partial charge in [0.15, 0.2) is 5.92 Å². The lowest BCUT2D eigenvalue weighted by Crippen LogP contribution is -2.65. The number of anilines is 1. The summed E-state index contributed by atoms with van der Waals surface area (Å²) in [6, 6.07) is 4.56. The van der Waals surface area contributed by atoms with E-state index >= 15 is 0 Å². The molecule has 4 fully saturated rings. The highest BCUT2D eigenvalue weighted by Gasteiger charge is 2.54. The highest BCUT2D eigenvalue weighted by molar-refractivity contribution is 5.80. The lowest BCUT2D eigenvalue weighted by molar-refractivity contribution is -0.201. The molecule has 0 saturated carbocycles. The lowest BCUT2D eigenvalue weighted by atomic mass is 9.77. The summed E-state index contributed by atoms with van der Waals surface area (Å²) in [5, 5.41) is 8.99. The molecule has 0 aromatic carbocycles. The van der Waals surface area contributed by atoms with E-state index in [2.05, 4.69) is 26.8 Å². The van der Waals surface area contributed by atoms with Crippen molar-refractivity contribution in [2.75, 3.05) is 57.4 Å². The van der Waals surface area contributed by atoms with E-state index in [0.29, 0.717) is 31.6 Å². The molecule has 5 heterocycles. The van der Waals surface area contributed by atoms with Crippen LogP contribution in [0.4, 0.5) is 19.0 Å². The molecule has 4 saturated heterocycles. The molecule has 3 atom stereocenters. The minimum atomic E-state index is -4.62. The Morgan fingerprint density at radius 1 is 1.20 bits per heavy atom. The van der Waals surface area contributed by atoms with Crippen molar-refractivity contribution in [2.24, 2.45) is 11.3 Å². The van der Waals surface area contributed by atoms with Crippen molar-refractivity contribution in [2.45, 2.75) is 56.8 Å². The lowest BCUT2D eigenvalue weighted by Gasteiger charge is -2.41. The summed E-state index contributed by atoms with van der Waals surface area (Å²) in [5.74, 6) is -2.22. The van der Waals surface area contributed by atoms with Crippen molar-refractivity contribution >= 4 is 17.6 Å². The number of nitrogens with zero attached hydrogens (tertiary/aromatic N) is 5. The summed E-state index contributed by atoms with van der Waals surface area (Å²) >= 11 is 0. The zero-order chi connectivity index (χ0) is 28.3. The molecule has 1 aromatic heterocycles. The van der Waals surface area contributed by atoms with Crippen molar-refractivity contribution in [1.29, 1.82) is 5.26 Å². The quantitative estimate of drug-likeness (QED) is 0.483.